The maximum Gasteiger partial charge on any atom is 0.317 e. The number of ketones is 2. The van der Waals surface area contributed by atoms with E-state index in [1.165, 1.54) is 0 Å². The number of Topliss-reactive ketones (excluding diaryl/α,β-unsaturated/α-hetero) is 2. The van der Waals surface area contributed by atoms with Gasteiger partial charge in [0.2, 0.25) is 11.6 Å². The molecule has 0 amide bonds. The van der Waals surface area contributed by atoms with Gasteiger partial charge in [-0.3, -0.25) is 19.2 Å². The average Bonchev–Trinajstić information content (AvgIpc) is 3.62. The first-order chi connectivity index (χ1) is 18.1. The molecule has 210 valence electrons. The van der Waals surface area contributed by atoms with Crippen LogP contribution in [0.4, 0.5) is 0 Å². The average molecular weight is 539 g/mol. The molecule has 6 rings (SSSR count). The zero-order chi connectivity index (χ0) is 28.4. The molecule has 0 aromatic rings. The smallest absolute Gasteiger partial charge is 0.317 e. The summed E-state index contributed by atoms with van der Waals surface area (Å²) in [5, 5.41) is 20.4. The lowest BCUT2D eigenvalue weighted by molar-refractivity contribution is -0.152. The van der Waals surface area contributed by atoms with E-state index in [9.17, 15) is 29.4 Å². The Bertz CT molecular complexity index is 1320. The van der Waals surface area contributed by atoms with Crippen molar-refractivity contribution < 1.29 is 38.9 Å². The molecule has 39 heavy (non-hydrogen) atoms. The quantitative estimate of drug-likeness (QED) is 0.386. The topological polar surface area (TPSA) is 127 Å². The molecular weight excluding hydrogens is 500 g/mol. The summed E-state index contributed by atoms with van der Waals surface area (Å²) in [6.45, 7) is 11.9. The molecule has 0 spiro atoms. The van der Waals surface area contributed by atoms with Crippen LogP contribution in [0.1, 0.15) is 66.2 Å². The molecule has 0 aromatic heterocycles. The number of esters is 1. The Kier molecular flexibility index (Phi) is 5.38. The summed E-state index contributed by atoms with van der Waals surface area (Å²) < 4.78 is 11.3. The number of aliphatic hydroxyl groups is 1. The number of ether oxygens (including phenoxy) is 2. The van der Waals surface area contributed by atoms with Crippen molar-refractivity contribution in [2.45, 2.75) is 66.2 Å². The number of hydrogen-bond donors (Lipinski definition) is 2. The van der Waals surface area contributed by atoms with Crippen molar-refractivity contribution in [2.24, 2.45) is 51.2 Å². The molecular formula is C31H38O8. The predicted octanol–water partition coefficient (Wildman–Crippen LogP) is 4.55. The van der Waals surface area contributed by atoms with Crippen LogP contribution in [-0.2, 0) is 28.7 Å². The summed E-state index contributed by atoms with van der Waals surface area (Å²) in [6.07, 6.45) is 3.17. The van der Waals surface area contributed by atoms with E-state index < -0.39 is 33.6 Å². The third-order valence-corrected chi connectivity index (χ3v) is 12.1. The van der Waals surface area contributed by atoms with Crippen molar-refractivity contribution in [3.05, 3.63) is 34.8 Å². The van der Waals surface area contributed by atoms with Crippen LogP contribution in [0, 0.1) is 51.2 Å². The Morgan fingerprint density at radius 3 is 2.28 bits per heavy atom. The van der Waals surface area contributed by atoms with Crippen LogP contribution in [0.3, 0.4) is 0 Å². The van der Waals surface area contributed by atoms with Crippen LogP contribution in [0.15, 0.2) is 34.8 Å². The Hall–Kier alpha value is -2.74. The highest BCUT2D eigenvalue weighted by Crippen LogP contribution is 2.69. The number of hydrogen-bond acceptors (Lipinski definition) is 7. The first-order valence-corrected chi connectivity index (χ1v) is 14.0. The minimum atomic E-state index is -0.840. The summed E-state index contributed by atoms with van der Waals surface area (Å²) in [7, 11) is 1.54. The first-order valence-electron chi connectivity index (χ1n) is 14.0. The lowest BCUT2D eigenvalue weighted by atomic mass is 9.69. The predicted molar refractivity (Wildman–Crippen MR) is 139 cm³/mol. The Balaban J connectivity index is 1.26. The monoisotopic (exact) mass is 538 g/mol. The van der Waals surface area contributed by atoms with Gasteiger partial charge in [0.1, 0.15) is 0 Å². The normalized spacial score (nSPS) is 46.2. The molecule has 9 atom stereocenters. The third kappa shape index (κ3) is 3.10. The fourth-order valence-electron chi connectivity index (χ4n) is 9.92. The maximum atomic E-state index is 13.8. The van der Waals surface area contributed by atoms with Gasteiger partial charge in [-0.1, -0.05) is 20.4 Å². The van der Waals surface area contributed by atoms with E-state index >= 15 is 0 Å². The van der Waals surface area contributed by atoms with Crippen molar-refractivity contribution >= 4 is 23.5 Å². The second-order valence-electron chi connectivity index (χ2n) is 14.1. The largest absolute Gasteiger partial charge is 0.504 e. The molecule has 0 heterocycles. The van der Waals surface area contributed by atoms with Gasteiger partial charge < -0.3 is 19.7 Å². The molecule has 0 aliphatic heterocycles. The van der Waals surface area contributed by atoms with Crippen LogP contribution < -0.4 is 0 Å². The highest BCUT2D eigenvalue weighted by atomic mass is 16.5. The Morgan fingerprint density at radius 1 is 1.00 bits per heavy atom. The SMILES string of the molecule is C=C1C(=O)C(OC(=O)[C@]2(C)C[C@@H]3C[C@@H]4C(=O)C(O)=C(COC)[C@]4(C)[C@@H]3C2)=C2C[C@H]3C[C@](C)(C(=O)O)C[C@H]3[C@@]12C. The van der Waals surface area contributed by atoms with Crippen molar-refractivity contribution in [3.8, 4) is 0 Å². The van der Waals surface area contributed by atoms with Gasteiger partial charge in [-0.05, 0) is 81.6 Å². The molecule has 6 aliphatic carbocycles. The van der Waals surface area contributed by atoms with E-state index in [0.717, 1.165) is 5.57 Å². The van der Waals surface area contributed by atoms with Gasteiger partial charge in [-0.25, -0.2) is 0 Å². The van der Waals surface area contributed by atoms with Crippen molar-refractivity contribution in [1.82, 2.24) is 0 Å². The number of rotatable bonds is 5. The molecule has 4 fully saturated rings. The number of carboxylic acid groups (broad SMARTS) is 1. The highest BCUT2D eigenvalue weighted by molar-refractivity contribution is 6.13. The number of carboxylic acids is 1. The van der Waals surface area contributed by atoms with E-state index in [1.54, 1.807) is 14.0 Å². The number of aliphatic hydroxyl groups excluding tert-OH is 1. The highest BCUT2D eigenvalue weighted by Gasteiger charge is 2.68. The van der Waals surface area contributed by atoms with Crippen molar-refractivity contribution in [1.29, 1.82) is 0 Å². The zero-order valence-corrected chi connectivity index (χ0v) is 23.4. The van der Waals surface area contributed by atoms with Gasteiger partial charge in [0, 0.05) is 35.0 Å². The second-order valence-corrected chi connectivity index (χ2v) is 14.1. The summed E-state index contributed by atoms with van der Waals surface area (Å²) in [5.41, 5.74) is -1.13. The molecule has 2 N–H and O–H groups in total. The van der Waals surface area contributed by atoms with Crippen molar-refractivity contribution in [3.63, 3.8) is 0 Å². The van der Waals surface area contributed by atoms with Crippen LogP contribution >= 0.6 is 0 Å². The van der Waals surface area contributed by atoms with Gasteiger partial charge in [0.05, 0.1) is 17.4 Å². The van der Waals surface area contributed by atoms with Crippen LogP contribution in [0.25, 0.3) is 0 Å². The lowest BCUT2D eigenvalue weighted by Gasteiger charge is -2.34. The summed E-state index contributed by atoms with van der Waals surface area (Å²) >= 11 is 0. The molecule has 0 unspecified atom stereocenters. The molecule has 8 heteroatoms. The fraction of sp³-hybridized carbons (Fsp3) is 0.677. The number of allylic oxidation sites excluding steroid dienone is 3. The second kappa shape index (κ2) is 7.93. The molecule has 6 aliphatic rings. The van der Waals surface area contributed by atoms with E-state index in [0.29, 0.717) is 49.7 Å². The number of methoxy groups -OCH3 is 1. The van der Waals surface area contributed by atoms with E-state index in [4.69, 9.17) is 9.47 Å². The number of fused-ring (bicyclic) bond motifs is 6. The third-order valence-electron chi connectivity index (χ3n) is 12.1. The first kappa shape index (κ1) is 26.5. The van der Waals surface area contributed by atoms with E-state index in [2.05, 4.69) is 6.58 Å². The standard InChI is InChI=1S/C31H38O8/c1-14-22(32)25(18-8-16-9-28(2,26(35)36)11-19(16)30(14,18)4)39-27(37)29(3)10-15-7-17-23(33)24(34)21(13-38-6)31(17,5)20(15)12-29/h15-17,19-20,34H,1,7-13H2,2-6H3,(H,35,36)/t15-,16-,17+,19+,20+,28-,29+,30-,31-/m0/s1. The molecule has 0 saturated heterocycles. The molecule has 8 nitrogen and oxygen atoms in total. The summed E-state index contributed by atoms with van der Waals surface area (Å²) in [4.78, 5) is 52.0. The number of aliphatic carboxylic acids is 1. The molecule has 0 bridgehead atoms. The van der Waals surface area contributed by atoms with Gasteiger partial charge in [0.25, 0.3) is 0 Å². The van der Waals surface area contributed by atoms with Crippen LogP contribution in [0.5, 0.6) is 0 Å². The Morgan fingerprint density at radius 2 is 1.64 bits per heavy atom. The molecule has 4 saturated carbocycles. The summed E-state index contributed by atoms with van der Waals surface area (Å²) in [5.74, 6) is -2.04. The minimum Gasteiger partial charge on any atom is -0.504 e. The summed E-state index contributed by atoms with van der Waals surface area (Å²) in [6, 6.07) is 0. The number of carbonyl (C=O) groups is 4. The molecule has 0 aromatic carbocycles. The van der Waals surface area contributed by atoms with Gasteiger partial charge in [0.15, 0.2) is 11.5 Å². The van der Waals surface area contributed by atoms with E-state index in [1.807, 2.05) is 20.8 Å². The zero-order valence-electron chi connectivity index (χ0n) is 23.4. The van der Waals surface area contributed by atoms with E-state index in [-0.39, 0.29) is 59.3 Å². The van der Waals surface area contributed by atoms with Crippen LogP contribution in [-0.4, -0.2) is 47.4 Å². The minimum absolute atomic E-state index is 0.00972. The fourth-order valence-corrected chi connectivity index (χ4v) is 9.92. The Labute approximate surface area is 228 Å². The number of carbonyl (C=O) groups excluding carboxylic acids is 3. The van der Waals surface area contributed by atoms with Crippen LogP contribution in [0.2, 0.25) is 0 Å². The van der Waals surface area contributed by atoms with Gasteiger partial charge in [-0.2, -0.15) is 0 Å². The maximum absolute atomic E-state index is 13.8. The lowest BCUT2D eigenvalue weighted by Crippen LogP contribution is -2.34. The van der Waals surface area contributed by atoms with Gasteiger partial charge >= 0.3 is 11.9 Å². The van der Waals surface area contributed by atoms with Crippen molar-refractivity contribution in [2.75, 3.05) is 13.7 Å². The molecule has 0 radical (unpaired) electrons. The van der Waals surface area contributed by atoms with Gasteiger partial charge in [-0.15, -0.1) is 0 Å².